The van der Waals surface area contributed by atoms with E-state index in [0.29, 0.717) is 18.3 Å². The third kappa shape index (κ3) is 18.1. The summed E-state index contributed by atoms with van der Waals surface area (Å²) < 4.78 is 36.1. The molecule has 14 atom stereocenters. The molecule has 16 N–H and O–H groups in total. The number of amides is 7. The van der Waals surface area contributed by atoms with Crippen LogP contribution in [-0.2, 0) is 52.6 Å². The van der Waals surface area contributed by atoms with E-state index in [1.807, 2.05) is 13.8 Å². The molecule has 111 heavy (non-hydrogen) atoms. The topological polar surface area (TPSA) is 469 Å². The molecule has 6 heterocycles. The molecule has 10 aliphatic rings. The summed E-state index contributed by atoms with van der Waals surface area (Å²) in [6.45, 7) is 5.32. The number of ether oxygens (including phenoxy) is 6. The van der Waals surface area contributed by atoms with E-state index in [-0.39, 0.29) is 123 Å². The quantitative estimate of drug-likeness (QED) is 0.0409. The lowest BCUT2D eigenvalue weighted by molar-refractivity contribution is -0.270. The van der Waals surface area contributed by atoms with Gasteiger partial charge in [-0.3, -0.25) is 43.7 Å². The molecule has 596 valence electrons. The number of nitrogens with one attached hydrogen (secondary N) is 6. The number of urea groups is 1. The number of aromatic hydroxyl groups is 3. The predicted octanol–water partition coefficient (Wildman–Crippen LogP) is 6.20. The highest BCUT2D eigenvalue weighted by Gasteiger charge is 2.51. The zero-order chi connectivity index (χ0) is 79.5. The van der Waals surface area contributed by atoms with Crippen molar-refractivity contribution in [3.8, 4) is 57.1 Å². The lowest BCUT2D eigenvalue weighted by Crippen LogP contribution is -2.60. The maximum absolute atomic E-state index is 16.5. The minimum atomic E-state index is -2.20. The standard InChI is InChI=1S/C79H93Cl2N7O23/c1-5-37(16-34(2)3)74(101)87-66-54(92)25-44(28-62(95)84-79(105)83-12-13-107-15-14-106-4)75(102)85-64-43-26-59(108-57-10-7-39(68(66)96)23-50(57)80)73(111-78-72(100)71(99)70(98)61(33-82)110-78)60(27-43)109-58-11-8-40(24-51(58)81)69(97)67-77(104)86-65(56(94)31-46-41-18-35-17-36(20-41)21-42(46)19-35)49-29-45(89)30-53(91)63(49)48-22-38(6-9-52(48)90)47(32-55(64)93)76(103)88-67/h6-11,22-24,26-27,29-30,34-37,41-42,44,46-47,61,64-72,78,89-91,96-100H,5,12-21,25,28,31-33,82H2,1-4H3,(H,85,102)(H,86,104)(H,87,101)(H,88,103)(H2,83,84,95,105)/t35?,36?,37-,41?,42?,44+,46?,47-,61-,64-,65+,66+,67+,68-,69-,70-,71+,72-,78+/m1/s1. The van der Waals surface area contributed by atoms with Crippen molar-refractivity contribution in [3.05, 3.63) is 117 Å². The van der Waals surface area contributed by atoms with Gasteiger partial charge in [-0.05, 0) is 163 Å². The minimum absolute atomic E-state index is 0.0230. The van der Waals surface area contributed by atoms with Crippen LogP contribution >= 0.6 is 23.2 Å². The molecule has 15 bridgehead atoms. The van der Waals surface area contributed by atoms with Crippen molar-refractivity contribution < 1.29 is 112 Å². The van der Waals surface area contributed by atoms with Gasteiger partial charge in [0.1, 0.15) is 89.5 Å². The monoisotopic (exact) mass is 1580 g/mol. The number of aliphatic hydroxyl groups is 5. The summed E-state index contributed by atoms with van der Waals surface area (Å²) in [5, 5.41) is 109. The molecule has 0 radical (unpaired) electrons. The van der Waals surface area contributed by atoms with Gasteiger partial charge in [-0.1, -0.05) is 62.2 Å². The molecule has 15 rings (SSSR count). The fourth-order valence-corrected chi connectivity index (χ4v) is 17.4. The van der Waals surface area contributed by atoms with Gasteiger partial charge < -0.3 is 102 Å². The Morgan fingerprint density at radius 1 is 0.667 bits per heavy atom. The minimum Gasteiger partial charge on any atom is -0.508 e. The van der Waals surface area contributed by atoms with Crippen molar-refractivity contribution in [2.75, 3.05) is 40.0 Å². The highest BCUT2D eigenvalue weighted by Crippen LogP contribution is 2.58. The summed E-state index contributed by atoms with van der Waals surface area (Å²) >= 11 is 14.3. The average molecular weight is 1580 g/mol. The van der Waals surface area contributed by atoms with Crippen molar-refractivity contribution in [1.82, 2.24) is 31.9 Å². The highest BCUT2D eigenvalue weighted by atomic mass is 35.5. The van der Waals surface area contributed by atoms with Crippen LogP contribution in [0.15, 0.2) is 78.9 Å². The first-order valence-electron chi connectivity index (χ1n) is 37.4. The molecule has 0 spiro atoms. The first-order chi connectivity index (χ1) is 53.0. The summed E-state index contributed by atoms with van der Waals surface area (Å²) in [5.74, 6) is -15.7. The van der Waals surface area contributed by atoms with E-state index >= 15 is 28.8 Å². The van der Waals surface area contributed by atoms with Gasteiger partial charge in [-0.2, -0.15) is 0 Å². The third-order valence-electron chi connectivity index (χ3n) is 22.4. The van der Waals surface area contributed by atoms with Crippen LogP contribution in [0.3, 0.4) is 0 Å². The number of fused-ring (bicyclic) bond motifs is 15. The summed E-state index contributed by atoms with van der Waals surface area (Å²) in [4.78, 5) is 137. The largest absolute Gasteiger partial charge is 0.508 e. The number of carbonyl (C=O) groups excluding carboxylic acids is 9. The number of aliphatic hydroxyl groups excluding tert-OH is 5. The molecule has 5 fully saturated rings. The maximum atomic E-state index is 16.5. The van der Waals surface area contributed by atoms with Crippen molar-refractivity contribution in [3.63, 3.8) is 0 Å². The van der Waals surface area contributed by atoms with Crippen LogP contribution in [0.5, 0.6) is 46.0 Å². The van der Waals surface area contributed by atoms with Crippen LogP contribution in [0.2, 0.25) is 10.0 Å². The Bertz CT molecular complexity index is 4360. The predicted molar refractivity (Wildman–Crippen MR) is 396 cm³/mol. The van der Waals surface area contributed by atoms with Gasteiger partial charge in [-0.25, -0.2) is 4.79 Å². The Hall–Kier alpha value is -9.05. The zero-order valence-electron chi connectivity index (χ0n) is 61.4. The number of benzene rings is 5. The highest BCUT2D eigenvalue weighted by molar-refractivity contribution is 6.32. The fourth-order valence-electron chi connectivity index (χ4n) is 17.0. The number of hydrogen-bond donors (Lipinski definition) is 15. The second-order valence-electron chi connectivity index (χ2n) is 30.5. The van der Waals surface area contributed by atoms with Crippen LogP contribution in [0, 0.1) is 47.3 Å². The van der Waals surface area contributed by atoms with Gasteiger partial charge in [0.05, 0.1) is 41.7 Å². The summed E-state index contributed by atoms with van der Waals surface area (Å²) in [6.07, 6.45) is -11.1. The lowest BCUT2D eigenvalue weighted by atomic mass is 9.51. The molecule has 1 saturated heterocycles. The molecule has 4 aliphatic carbocycles. The summed E-state index contributed by atoms with van der Waals surface area (Å²) in [5.41, 5.74) is 4.46. The number of halogens is 2. The molecule has 4 saturated carbocycles. The molecule has 6 aliphatic heterocycles. The van der Waals surface area contributed by atoms with Crippen molar-refractivity contribution in [2.24, 2.45) is 53.1 Å². The van der Waals surface area contributed by atoms with Crippen molar-refractivity contribution >= 4 is 76.1 Å². The smallest absolute Gasteiger partial charge is 0.321 e. The second kappa shape index (κ2) is 34.9. The number of Topliss-reactive ketones (excluding diaryl/α,β-unsaturated/α-hetero) is 3. The number of rotatable bonds is 19. The Morgan fingerprint density at radius 3 is 1.94 bits per heavy atom. The van der Waals surface area contributed by atoms with Crippen molar-refractivity contribution in [2.45, 2.75) is 164 Å². The fraction of sp³-hybridized carbons (Fsp3) is 0.506. The van der Waals surface area contributed by atoms with Crippen LogP contribution in [-0.4, -0.2) is 177 Å². The number of imide groups is 1. The number of ketones is 3. The SMILES string of the molecule is CC[C@H](CC(C)C)C(=O)N[C@H]1C(=O)C[C@@H](CC(=O)NC(=O)NCCOCCOC)C(=O)N[C@H]2C(=O)C[C@H]3C(=O)N[C@H](C(=O)N[C@H](C(=O)CC4C5CC6CC(C5)CC4C6)c4cc(O)cc(O)c4-c4cc3ccc4O)[C@H](O)c3ccc(c(Cl)c3)Oc3cc2cc(c3O[C@@H]2O[C@H](CN)[C@@H](O)[C@H](O)[C@H]2O)Oc2ccc(cc2Cl)[C@H]1O. The van der Waals surface area contributed by atoms with E-state index in [4.69, 9.17) is 57.4 Å². The molecule has 5 aromatic rings. The Morgan fingerprint density at radius 2 is 1.32 bits per heavy atom. The molecule has 5 aromatic carbocycles. The maximum Gasteiger partial charge on any atom is 0.321 e. The number of phenolic OH excluding ortho intramolecular Hbond substituents is 3. The Kier molecular flexibility index (Phi) is 25.6. The van der Waals surface area contributed by atoms with Crippen LogP contribution in [0.4, 0.5) is 4.79 Å². The normalized spacial score (nSPS) is 28.7. The van der Waals surface area contributed by atoms with Crippen molar-refractivity contribution in [1.29, 1.82) is 0 Å². The number of hydrogen-bond acceptors (Lipinski definition) is 24. The van der Waals surface area contributed by atoms with Crippen LogP contribution < -0.4 is 51.8 Å². The van der Waals surface area contributed by atoms with E-state index in [1.54, 1.807) is 6.92 Å². The second-order valence-corrected chi connectivity index (χ2v) is 31.3. The lowest BCUT2D eigenvalue weighted by Gasteiger charge is -2.54. The van der Waals surface area contributed by atoms with Crippen LogP contribution in [0.25, 0.3) is 11.1 Å². The van der Waals surface area contributed by atoms with E-state index < -0.39 is 198 Å². The van der Waals surface area contributed by atoms with Gasteiger partial charge in [0, 0.05) is 69.0 Å². The molecular weight excluding hydrogens is 1490 g/mol. The number of phenols is 3. The first kappa shape index (κ1) is 81.4. The summed E-state index contributed by atoms with van der Waals surface area (Å²) in [6, 6.07) is 6.20. The molecule has 0 aromatic heterocycles. The zero-order valence-corrected chi connectivity index (χ0v) is 62.9. The van der Waals surface area contributed by atoms with Gasteiger partial charge >= 0.3 is 6.03 Å². The van der Waals surface area contributed by atoms with Gasteiger partial charge in [0.2, 0.25) is 41.6 Å². The molecule has 7 amide bonds. The van der Waals surface area contributed by atoms with E-state index in [2.05, 4.69) is 31.9 Å². The van der Waals surface area contributed by atoms with Gasteiger partial charge in [0.25, 0.3) is 0 Å². The van der Waals surface area contributed by atoms with Gasteiger partial charge in [0.15, 0.2) is 28.8 Å². The molecule has 0 unspecified atom stereocenters. The number of nitrogens with two attached hydrogens (primary N) is 1. The first-order valence-corrected chi connectivity index (χ1v) is 38.1. The third-order valence-corrected chi connectivity index (χ3v) is 23.0. The van der Waals surface area contributed by atoms with E-state index in [9.17, 15) is 55.2 Å². The summed E-state index contributed by atoms with van der Waals surface area (Å²) in [7, 11) is 1.46. The number of methoxy groups -OCH3 is 1. The molecular formula is C79H93Cl2N7O23. The van der Waals surface area contributed by atoms with Crippen LogP contribution in [0.1, 0.15) is 149 Å². The van der Waals surface area contributed by atoms with E-state index in [1.165, 1.54) is 55.6 Å². The molecule has 30 nitrogen and oxygen atoms in total. The Labute approximate surface area is 648 Å². The van der Waals surface area contributed by atoms with E-state index in [0.717, 1.165) is 62.4 Å². The number of carbonyl (C=O) groups is 9. The van der Waals surface area contributed by atoms with Gasteiger partial charge in [-0.15, -0.1) is 0 Å². The Balaban J connectivity index is 1.05. The average Bonchev–Trinajstić information content (AvgIpc) is 0.761. The molecule has 32 heteroatoms.